The smallest absolute Gasteiger partial charge is 0.338 e. The summed E-state index contributed by atoms with van der Waals surface area (Å²) in [5, 5.41) is 8.05. The van der Waals surface area contributed by atoms with Crippen LogP contribution in [0.5, 0.6) is 0 Å². The van der Waals surface area contributed by atoms with Crippen LogP contribution >= 0.6 is 0 Å². The van der Waals surface area contributed by atoms with E-state index in [1.165, 1.54) is 0 Å². The summed E-state index contributed by atoms with van der Waals surface area (Å²) >= 11 is 0. The lowest BCUT2D eigenvalue weighted by molar-refractivity contribution is 0.0526. The fourth-order valence-corrected chi connectivity index (χ4v) is 3.04. The molecule has 1 amide bonds. The quantitative estimate of drug-likeness (QED) is 0.680. The fraction of sp³-hybridized carbons (Fsp3) is 0.333. The van der Waals surface area contributed by atoms with E-state index in [4.69, 9.17) is 4.74 Å². The van der Waals surface area contributed by atoms with Crippen molar-refractivity contribution in [3.05, 3.63) is 52.8 Å². The Labute approximate surface area is 163 Å². The number of aromatic nitrogens is 3. The number of aryl methyl sites for hydroxylation is 2. The van der Waals surface area contributed by atoms with E-state index in [1.54, 1.807) is 35.9 Å². The normalized spacial score (nSPS) is 11.1. The monoisotopic (exact) mass is 380 g/mol. The van der Waals surface area contributed by atoms with Crippen LogP contribution < -0.4 is 5.32 Å². The van der Waals surface area contributed by atoms with E-state index in [-0.39, 0.29) is 17.8 Å². The molecule has 0 spiro atoms. The van der Waals surface area contributed by atoms with Crippen molar-refractivity contribution >= 4 is 28.6 Å². The van der Waals surface area contributed by atoms with Crippen LogP contribution in [0.25, 0.3) is 11.0 Å². The molecular formula is C21H24N4O3. The Morgan fingerprint density at radius 2 is 1.89 bits per heavy atom. The molecular weight excluding hydrogens is 356 g/mol. The van der Waals surface area contributed by atoms with Gasteiger partial charge in [-0.3, -0.25) is 9.48 Å². The molecule has 28 heavy (non-hydrogen) atoms. The van der Waals surface area contributed by atoms with Crippen LogP contribution in [-0.4, -0.2) is 33.2 Å². The lowest BCUT2D eigenvalue weighted by Crippen LogP contribution is -2.14. The van der Waals surface area contributed by atoms with E-state index in [0.717, 1.165) is 16.8 Å². The maximum atomic E-state index is 13.0. The van der Waals surface area contributed by atoms with Gasteiger partial charge in [-0.2, -0.15) is 5.10 Å². The number of hydrogen-bond donors (Lipinski definition) is 1. The van der Waals surface area contributed by atoms with Gasteiger partial charge >= 0.3 is 5.97 Å². The average Bonchev–Trinajstić information content (AvgIpc) is 2.95. The Kier molecular flexibility index (Phi) is 5.44. The number of benzene rings is 1. The highest BCUT2D eigenvalue weighted by Crippen LogP contribution is 2.25. The van der Waals surface area contributed by atoms with E-state index < -0.39 is 0 Å². The second kappa shape index (κ2) is 7.80. The Hall–Kier alpha value is -3.22. The first-order valence-electron chi connectivity index (χ1n) is 9.24. The number of nitrogens with zero attached hydrogens (tertiary/aromatic N) is 3. The third-order valence-electron chi connectivity index (χ3n) is 4.48. The molecule has 7 nitrogen and oxygen atoms in total. The van der Waals surface area contributed by atoms with Crippen molar-refractivity contribution in [1.82, 2.24) is 14.8 Å². The molecule has 2 heterocycles. The van der Waals surface area contributed by atoms with Crippen molar-refractivity contribution in [1.29, 1.82) is 0 Å². The molecule has 0 saturated carbocycles. The first kappa shape index (κ1) is 19.5. The van der Waals surface area contributed by atoms with Crippen LogP contribution in [0.3, 0.4) is 0 Å². The molecule has 3 aromatic rings. The zero-order valence-electron chi connectivity index (χ0n) is 16.7. The summed E-state index contributed by atoms with van der Waals surface area (Å²) in [6.45, 7) is 8.01. The van der Waals surface area contributed by atoms with Crippen LogP contribution in [-0.2, 0) is 11.8 Å². The van der Waals surface area contributed by atoms with Crippen molar-refractivity contribution in [2.45, 2.75) is 33.6 Å². The number of ether oxygens (including phenoxy) is 1. The molecule has 0 radical (unpaired) electrons. The maximum Gasteiger partial charge on any atom is 0.338 e. The molecule has 0 aliphatic heterocycles. The van der Waals surface area contributed by atoms with Crippen molar-refractivity contribution in [3.63, 3.8) is 0 Å². The summed E-state index contributed by atoms with van der Waals surface area (Å²) in [6, 6.07) is 8.45. The van der Waals surface area contributed by atoms with Crippen molar-refractivity contribution < 1.29 is 14.3 Å². The zero-order valence-corrected chi connectivity index (χ0v) is 16.7. The van der Waals surface area contributed by atoms with Gasteiger partial charge in [0.05, 0.1) is 28.8 Å². The number of amides is 1. The molecule has 0 unspecified atom stereocenters. The first-order valence-corrected chi connectivity index (χ1v) is 9.24. The van der Waals surface area contributed by atoms with E-state index in [2.05, 4.69) is 15.4 Å². The molecule has 2 aromatic heterocycles. The molecule has 146 valence electrons. The first-order chi connectivity index (χ1) is 13.3. The van der Waals surface area contributed by atoms with E-state index in [0.29, 0.717) is 29.1 Å². The number of carbonyl (C=O) groups excluding carboxylic acids is 2. The molecule has 0 atom stereocenters. The van der Waals surface area contributed by atoms with Crippen LogP contribution in [0.15, 0.2) is 30.3 Å². The molecule has 0 fully saturated rings. The van der Waals surface area contributed by atoms with Gasteiger partial charge in [-0.05, 0) is 50.1 Å². The van der Waals surface area contributed by atoms with Gasteiger partial charge < -0.3 is 10.1 Å². The number of fused-ring (bicyclic) bond motifs is 1. The van der Waals surface area contributed by atoms with Gasteiger partial charge in [0.1, 0.15) is 0 Å². The summed E-state index contributed by atoms with van der Waals surface area (Å²) in [4.78, 5) is 29.4. The SMILES string of the molecule is CCOC(=O)c1ccc(NC(=O)c2cc(C(C)C)nc3c2c(C)nn3C)cc1. The van der Waals surface area contributed by atoms with Gasteiger partial charge in [0.25, 0.3) is 5.91 Å². The lowest BCUT2D eigenvalue weighted by Gasteiger charge is -2.11. The second-order valence-electron chi connectivity index (χ2n) is 6.91. The highest BCUT2D eigenvalue weighted by atomic mass is 16.5. The van der Waals surface area contributed by atoms with Crippen molar-refractivity contribution in [2.75, 3.05) is 11.9 Å². The van der Waals surface area contributed by atoms with Crippen LogP contribution in [0.1, 0.15) is 58.8 Å². The molecule has 1 aromatic carbocycles. The third-order valence-corrected chi connectivity index (χ3v) is 4.48. The van der Waals surface area contributed by atoms with Gasteiger partial charge in [-0.25, -0.2) is 9.78 Å². The molecule has 1 N–H and O–H groups in total. The summed E-state index contributed by atoms with van der Waals surface area (Å²) in [5.74, 6) is -0.451. The number of pyridine rings is 1. The Bertz CT molecular complexity index is 1040. The van der Waals surface area contributed by atoms with Gasteiger partial charge in [0.2, 0.25) is 0 Å². The minimum absolute atomic E-state index is 0.176. The largest absolute Gasteiger partial charge is 0.462 e. The van der Waals surface area contributed by atoms with E-state index >= 15 is 0 Å². The standard InChI is InChI=1S/C21H24N4O3/c1-6-28-21(27)14-7-9-15(10-8-14)22-20(26)16-11-17(12(2)3)23-19-18(16)13(4)24-25(19)5/h7-12H,6H2,1-5H3,(H,22,26). The molecule has 3 rings (SSSR count). The minimum Gasteiger partial charge on any atom is -0.462 e. The summed E-state index contributed by atoms with van der Waals surface area (Å²) in [6.07, 6.45) is 0. The lowest BCUT2D eigenvalue weighted by atomic mass is 10.0. The molecule has 0 aliphatic carbocycles. The van der Waals surface area contributed by atoms with Crippen LogP contribution in [0.2, 0.25) is 0 Å². The number of anilines is 1. The van der Waals surface area contributed by atoms with Crippen molar-refractivity contribution in [3.8, 4) is 0 Å². The molecule has 0 saturated heterocycles. The predicted molar refractivity (Wildman–Crippen MR) is 108 cm³/mol. The van der Waals surface area contributed by atoms with Gasteiger partial charge in [-0.1, -0.05) is 13.8 Å². The second-order valence-corrected chi connectivity index (χ2v) is 6.91. The Morgan fingerprint density at radius 3 is 2.50 bits per heavy atom. The topological polar surface area (TPSA) is 86.1 Å². The van der Waals surface area contributed by atoms with Gasteiger partial charge in [-0.15, -0.1) is 0 Å². The number of nitrogens with one attached hydrogen (secondary N) is 1. The number of esters is 1. The summed E-state index contributed by atoms with van der Waals surface area (Å²) in [7, 11) is 1.82. The Morgan fingerprint density at radius 1 is 1.21 bits per heavy atom. The molecule has 0 aliphatic rings. The highest BCUT2D eigenvalue weighted by Gasteiger charge is 2.20. The van der Waals surface area contributed by atoms with Crippen LogP contribution in [0.4, 0.5) is 5.69 Å². The summed E-state index contributed by atoms with van der Waals surface area (Å²) in [5.41, 5.74) is 3.84. The van der Waals surface area contributed by atoms with Gasteiger partial charge in [0.15, 0.2) is 5.65 Å². The molecule has 7 heteroatoms. The Balaban J connectivity index is 1.94. The minimum atomic E-state index is -0.385. The van der Waals surface area contributed by atoms with Crippen LogP contribution in [0, 0.1) is 6.92 Å². The van der Waals surface area contributed by atoms with Crippen molar-refractivity contribution in [2.24, 2.45) is 7.05 Å². The zero-order chi connectivity index (χ0) is 20.4. The highest BCUT2D eigenvalue weighted by molar-refractivity contribution is 6.12. The predicted octanol–water partition coefficient (Wildman–Crippen LogP) is 3.83. The van der Waals surface area contributed by atoms with E-state index in [9.17, 15) is 9.59 Å². The number of rotatable bonds is 5. The number of carbonyl (C=O) groups is 2. The number of hydrogen-bond acceptors (Lipinski definition) is 5. The fourth-order valence-electron chi connectivity index (χ4n) is 3.04. The molecule has 0 bridgehead atoms. The van der Waals surface area contributed by atoms with Gasteiger partial charge in [0, 0.05) is 18.4 Å². The summed E-state index contributed by atoms with van der Waals surface area (Å²) < 4.78 is 6.67. The maximum absolute atomic E-state index is 13.0. The average molecular weight is 380 g/mol. The van der Waals surface area contributed by atoms with E-state index in [1.807, 2.05) is 33.9 Å². The third kappa shape index (κ3) is 3.74.